The molecule has 1 atom stereocenters. The second-order valence-corrected chi connectivity index (χ2v) is 7.89. The molecule has 2 rings (SSSR count). The van der Waals surface area contributed by atoms with Crippen LogP contribution in [0, 0.1) is 0 Å². The zero-order valence-corrected chi connectivity index (χ0v) is 15.0. The fourth-order valence-corrected chi connectivity index (χ4v) is 4.43. The minimum Gasteiger partial charge on any atom is -0.468 e. The van der Waals surface area contributed by atoms with Gasteiger partial charge in [0.25, 0.3) is 0 Å². The molecule has 6 heteroatoms. The van der Waals surface area contributed by atoms with E-state index in [0.29, 0.717) is 17.6 Å². The molecule has 0 radical (unpaired) electrons. The van der Waals surface area contributed by atoms with Gasteiger partial charge in [-0.2, -0.15) is 0 Å². The molecule has 0 bridgehead atoms. The largest absolute Gasteiger partial charge is 0.468 e. The highest BCUT2D eigenvalue weighted by molar-refractivity contribution is 8.40. The quantitative estimate of drug-likeness (QED) is 0.460. The van der Waals surface area contributed by atoms with Gasteiger partial charge in [0.2, 0.25) is 0 Å². The van der Waals surface area contributed by atoms with Crippen molar-refractivity contribution in [2.45, 2.75) is 31.1 Å². The maximum absolute atomic E-state index is 11.8. The number of carbonyl (C=O) groups is 2. The van der Waals surface area contributed by atoms with Crippen molar-refractivity contribution in [2.24, 2.45) is 4.99 Å². The Morgan fingerprint density at radius 2 is 2.17 bits per heavy atom. The second kappa shape index (κ2) is 7.36. The molecule has 0 spiro atoms. The molecule has 1 aromatic rings. The molecule has 23 heavy (non-hydrogen) atoms. The van der Waals surface area contributed by atoms with Crippen LogP contribution in [0.4, 0.5) is 0 Å². The van der Waals surface area contributed by atoms with Crippen molar-refractivity contribution in [3.05, 3.63) is 46.9 Å². The number of nitrogens with zero attached hydrogens (tertiary/aromatic N) is 1. The lowest BCUT2D eigenvalue weighted by atomic mass is 9.96. The number of thioether (sulfide) groups is 2. The molecule has 1 heterocycles. The van der Waals surface area contributed by atoms with Gasteiger partial charge in [-0.1, -0.05) is 54.4 Å². The van der Waals surface area contributed by atoms with Crippen molar-refractivity contribution in [1.29, 1.82) is 0 Å². The third-order valence-electron chi connectivity index (χ3n) is 3.60. The Morgan fingerprint density at radius 3 is 2.74 bits per heavy atom. The third kappa shape index (κ3) is 4.06. The molecule has 1 aliphatic rings. The summed E-state index contributed by atoms with van der Waals surface area (Å²) in [5.74, 6) is -0.798. The predicted molar refractivity (Wildman–Crippen MR) is 96.8 cm³/mol. The molecule has 1 unspecified atom stereocenters. The van der Waals surface area contributed by atoms with Crippen molar-refractivity contribution >= 4 is 40.2 Å². The van der Waals surface area contributed by atoms with E-state index in [1.807, 2.05) is 32.0 Å². The van der Waals surface area contributed by atoms with E-state index in [4.69, 9.17) is 4.74 Å². The molecule has 1 aromatic carbocycles. The van der Waals surface area contributed by atoms with E-state index in [1.54, 1.807) is 29.6 Å². The summed E-state index contributed by atoms with van der Waals surface area (Å²) in [6.45, 7) is 8.10. The van der Waals surface area contributed by atoms with Crippen LogP contribution in [0.15, 0.2) is 40.7 Å². The molecular formula is C17H19NO3S2. The number of ether oxygens (including phenoxy) is 1. The van der Waals surface area contributed by atoms with E-state index < -0.39 is 11.9 Å². The van der Waals surface area contributed by atoms with Crippen LogP contribution in [-0.2, 0) is 20.1 Å². The summed E-state index contributed by atoms with van der Waals surface area (Å²) < 4.78 is 5.67. The van der Waals surface area contributed by atoms with Crippen LogP contribution in [0.1, 0.15) is 30.9 Å². The molecule has 0 saturated heterocycles. The number of esters is 1. The average Bonchev–Trinajstić information content (AvgIpc) is 2.79. The fraction of sp³-hybridized carbons (Fsp3) is 0.353. The number of hydrogen-bond acceptors (Lipinski definition) is 6. The van der Waals surface area contributed by atoms with Crippen LogP contribution in [0.25, 0.3) is 0 Å². The van der Waals surface area contributed by atoms with Gasteiger partial charge in [-0.3, -0.25) is 9.79 Å². The highest BCUT2D eigenvalue weighted by Gasteiger charge is 2.30. The summed E-state index contributed by atoms with van der Waals surface area (Å²) in [6.07, 6.45) is 0.627. The molecule has 0 amide bonds. The zero-order valence-electron chi connectivity index (χ0n) is 13.4. The topological polar surface area (TPSA) is 55.7 Å². The Labute approximate surface area is 144 Å². The number of hydrogen-bond donors (Lipinski definition) is 0. The number of aldehydes is 1. The summed E-state index contributed by atoms with van der Waals surface area (Å²) in [5, 5.41) is 0. The summed E-state index contributed by atoms with van der Waals surface area (Å²) in [4.78, 5) is 28.8. The Bertz CT molecular complexity index is 668. The van der Waals surface area contributed by atoms with Crippen molar-refractivity contribution in [3.8, 4) is 0 Å². The lowest BCUT2D eigenvalue weighted by molar-refractivity contribution is -0.143. The average molecular weight is 349 g/mol. The van der Waals surface area contributed by atoms with E-state index in [1.165, 1.54) is 7.11 Å². The first-order valence-electron chi connectivity index (χ1n) is 7.10. The number of rotatable bonds is 5. The van der Waals surface area contributed by atoms with E-state index >= 15 is 0 Å². The van der Waals surface area contributed by atoms with Crippen LogP contribution in [0.3, 0.4) is 0 Å². The maximum Gasteiger partial charge on any atom is 0.320 e. The number of carbonyl (C=O) groups excluding carboxylic acids is 2. The van der Waals surface area contributed by atoms with Crippen LogP contribution in [0.2, 0.25) is 0 Å². The Morgan fingerprint density at radius 1 is 1.48 bits per heavy atom. The van der Waals surface area contributed by atoms with E-state index in [-0.39, 0.29) is 5.54 Å². The van der Waals surface area contributed by atoms with E-state index in [0.717, 1.165) is 14.8 Å². The van der Waals surface area contributed by atoms with Gasteiger partial charge in [-0.05, 0) is 25.0 Å². The minimum atomic E-state index is -0.888. The summed E-state index contributed by atoms with van der Waals surface area (Å²) in [7, 11) is 1.29. The van der Waals surface area contributed by atoms with Crippen molar-refractivity contribution in [1.82, 2.24) is 0 Å². The van der Waals surface area contributed by atoms with Gasteiger partial charge in [-0.15, -0.1) is 0 Å². The molecule has 1 aliphatic heterocycles. The van der Waals surface area contributed by atoms with Gasteiger partial charge < -0.3 is 9.53 Å². The van der Waals surface area contributed by atoms with Gasteiger partial charge in [0.15, 0.2) is 0 Å². The van der Waals surface area contributed by atoms with Gasteiger partial charge in [0.1, 0.15) is 16.6 Å². The van der Waals surface area contributed by atoms with Crippen LogP contribution >= 0.6 is 23.5 Å². The molecular weight excluding hydrogens is 330 g/mol. The number of benzene rings is 1. The van der Waals surface area contributed by atoms with Crippen molar-refractivity contribution in [3.63, 3.8) is 0 Å². The van der Waals surface area contributed by atoms with Crippen LogP contribution in [0.5, 0.6) is 0 Å². The predicted octanol–water partition coefficient (Wildman–Crippen LogP) is 3.77. The van der Waals surface area contributed by atoms with Crippen LogP contribution < -0.4 is 0 Å². The first-order chi connectivity index (χ1) is 10.9. The minimum absolute atomic E-state index is 0.246. The molecule has 0 fully saturated rings. The summed E-state index contributed by atoms with van der Waals surface area (Å²) >= 11 is 3.17. The van der Waals surface area contributed by atoms with Crippen molar-refractivity contribution in [2.75, 3.05) is 7.11 Å². The van der Waals surface area contributed by atoms with Crippen molar-refractivity contribution < 1.29 is 14.3 Å². The first kappa shape index (κ1) is 17.8. The SMILES string of the molecule is C=C1SC(SCc2ccccc2C(C=O)C(=O)OC)=NC1(C)C. The van der Waals surface area contributed by atoms with Gasteiger partial charge in [-0.25, -0.2) is 0 Å². The fourth-order valence-electron chi connectivity index (χ4n) is 2.10. The van der Waals surface area contributed by atoms with Gasteiger partial charge in [0, 0.05) is 10.7 Å². The van der Waals surface area contributed by atoms with Gasteiger partial charge in [0.05, 0.1) is 12.6 Å². The molecule has 0 saturated carbocycles. The Hall–Kier alpha value is -1.53. The Kier molecular flexibility index (Phi) is 5.70. The number of methoxy groups -OCH3 is 1. The first-order valence-corrected chi connectivity index (χ1v) is 8.90. The monoisotopic (exact) mass is 349 g/mol. The maximum atomic E-state index is 11.8. The highest BCUT2D eigenvalue weighted by atomic mass is 32.2. The van der Waals surface area contributed by atoms with E-state index in [2.05, 4.69) is 11.6 Å². The Balaban J connectivity index is 2.17. The molecule has 0 aliphatic carbocycles. The molecule has 122 valence electrons. The highest BCUT2D eigenvalue weighted by Crippen LogP contribution is 2.42. The molecule has 0 N–H and O–H groups in total. The summed E-state index contributed by atoms with van der Waals surface area (Å²) in [5.41, 5.74) is 1.37. The normalized spacial score (nSPS) is 17.5. The van der Waals surface area contributed by atoms with Gasteiger partial charge >= 0.3 is 5.97 Å². The molecule has 0 aromatic heterocycles. The number of aliphatic imine (C=N–C) groups is 1. The second-order valence-electron chi connectivity index (χ2n) is 5.59. The standard InChI is InChI=1S/C17H19NO3S2/c1-11-17(2,3)18-16(23-11)22-10-12-7-5-6-8-13(12)14(9-19)15(20)21-4/h5-9,14H,1,10H2,2-4H3. The zero-order chi connectivity index (χ0) is 17.0. The molecule has 4 nitrogen and oxygen atoms in total. The lowest BCUT2D eigenvalue weighted by Crippen LogP contribution is -2.17. The van der Waals surface area contributed by atoms with Crippen LogP contribution in [-0.4, -0.2) is 29.3 Å². The van der Waals surface area contributed by atoms with E-state index in [9.17, 15) is 9.59 Å². The smallest absolute Gasteiger partial charge is 0.320 e. The third-order valence-corrected chi connectivity index (χ3v) is 6.01. The summed E-state index contributed by atoms with van der Waals surface area (Å²) in [6, 6.07) is 7.42. The lowest BCUT2D eigenvalue weighted by Gasteiger charge is -2.13.